The van der Waals surface area contributed by atoms with Crippen LogP contribution in [0.5, 0.6) is 0 Å². The fourth-order valence-corrected chi connectivity index (χ4v) is 3.00. The Balaban J connectivity index is 1.32. The van der Waals surface area contributed by atoms with E-state index in [2.05, 4.69) is 52.9 Å². The molecule has 24 heavy (non-hydrogen) atoms. The average molecular weight is 316 g/mol. The molecule has 0 unspecified atom stereocenters. The number of para-hydroxylation sites is 1. The molecule has 2 heterocycles. The average Bonchev–Trinajstić information content (AvgIpc) is 3.27. The molecule has 4 rings (SSSR count). The van der Waals surface area contributed by atoms with Crippen LogP contribution in [0.15, 0.2) is 77.3 Å². The molecule has 0 fully saturated rings. The van der Waals surface area contributed by atoms with Gasteiger partial charge in [0.2, 0.25) is 0 Å². The van der Waals surface area contributed by atoms with Gasteiger partial charge in [0.25, 0.3) is 0 Å². The van der Waals surface area contributed by atoms with E-state index in [-0.39, 0.29) is 0 Å². The molecular weight excluding hydrogens is 296 g/mol. The molecule has 0 bridgehead atoms. The van der Waals surface area contributed by atoms with E-state index in [0.29, 0.717) is 0 Å². The van der Waals surface area contributed by atoms with Crippen LogP contribution in [0.25, 0.3) is 22.2 Å². The van der Waals surface area contributed by atoms with E-state index >= 15 is 0 Å². The van der Waals surface area contributed by atoms with Crippen LogP contribution in [0.3, 0.4) is 0 Å². The van der Waals surface area contributed by atoms with Crippen molar-refractivity contribution in [2.45, 2.75) is 13.0 Å². The molecule has 2 N–H and O–H groups in total. The van der Waals surface area contributed by atoms with Gasteiger partial charge in [0.05, 0.1) is 6.54 Å². The van der Waals surface area contributed by atoms with Gasteiger partial charge in [-0.05, 0) is 36.7 Å². The smallest absolute Gasteiger partial charge is 0.134 e. The highest BCUT2D eigenvalue weighted by molar-refractivity contribution is 5.83. The van der Waals surface area contributed by atoms with Crippen molar-refractivity contribution in [3.05, 3.63) is 84.3 Å². The lowest BCUT2D eigenvalue weighted by Gasteiger charge is -2.02. The number of hydrogen-bond donors (Lipinski definition) is 2. The monoisotopic (exact) mass is 316 g/mol. The van der Waals surface area contributed by atoms with Crippen LogP contribution in [0, 0.1) is 0 Å². The normalized spacial score (nSPS) is 11.2. The van der Waals surface area contributed by atoms with Gasteiger partial charge >= 0.3 is 0 Å². The van der Waals surface area contributed by atoms with Gasteiger partial charge in [0.1, 0.15) is 11.5 Å². The van der Waals surface area contributed by atoms with Gasteiger partial charge in [-0.25, -0.2) is 0 Å². The highest BCUT2D eigenvalue weighted by Gasteiger charge is 2.05. The Morgan fingerprint density at radius 1 is 0.875 bits per heavy atom. The predicted molar refractivity (Wildman–Crippen MR) is 97.9 cm³/mol. The van der Waals surface area contributed by atoms with Crippen molar-refractivity contribution in [3.63, 3.8) is 0 Å². The zero-order valence-corrected chi connectivity index (χ0v) is 13.5. The molecule has 0 amide bonds. The van der Waals surface area contributed by atoms with Gasteiger partial charge in [0.15, 0.2) is 0 Å². The van der Waals surface area contributed by atoms with E-state index in [4.69, 9.17) is 4.42 Å². The van der Waals surface area contributed by atoms with E-state index in [1.54, 1.807) is 0 Å². The Hall–Kier alpha value is -2.78. The minimum absolute atomic E-state index is 0.745. The van der Waals surface area contributed by atoms with Crippen molar-refractivity contribution < 1.29 is 4.42 Å². The first-order valence-electron chi connectivity index (χ1n) is 8.30. The Morgan fingerprint density at radius 2 is 1.71 bits per heavy atom. The molecule has 0 saturated carbocycles. The number of aromatic amines is 1. The molecule has 0 radical (unpaired) electrons. The molecule has 3 nitrogen and oxygen atoms in total. The second kappa shape index (κ2) is 6.77. The third-order valence-corrected chi connectivity index (χ3v) is 4.27. The molecule has 4 aromatic rings. The molecule has 120 valence electrons. The van der Waals surface area contributed by atoms with E-state index in [9.17, 15) is 0 Å². The first kappa shape index (κ1) is 14.8. The zero-order chi connectivity index (χ0) is 16.2. The minimum Gasteiger partial charge on any atom is -0.460 e. The largest absolute Gasteiger partial charge is 0.460 e. The minimum atomic E-state index is 0.745. The quantitative estimate of drug-likeness (QED) is 0.504. The van der Waals surface area contributed by atoms with Crippen molar-refractivity contribution in [2.24, 2.45) is 0 Å². The number of hydrogen-bond acceptors (Lipinski definition) is 2. The SMILES string of the molecule is c1ccc(-c2ccc(CNCCc3c[nH]c4ccccc34)o2)cc1. The zero-order valence-electron chi connectivity index (χ0n) is 13.5. The number of H-pyrrole nitrogens is 1. The standard InChI is InChI=1S/C21H20N2O/c1-2-6-16(7-3-1)21-11-10-18(24-21)15-22-13-12-17-14-23-20-9-5-4-8-19(17)20/h1-11,14,22-23H,12-13,15H2. The highest BCUT2D eigenvalue weighted by atomic mass is 16.3. The molecule has 2 aromatic carbocycles. The van der Waals surface area contributed by atoms with Crippen molar-refractivity contribution >= 4 is 10.9 Å². The lowest BCUT2D eigenvalue weighted by molar-refractivity contribution is 0.495. The number of nitrogens with one attached hydrogen (secondary N) is 2. The van der Waals surface area contributed by atoms with Crippen LogP contribution in [0.4, 0.5) is 0 Å². The summed E-state index contributed by atoms with van der Waals surface area (Å²) in [6.45, 7) is 1.67. The van der Waals surface area contributed by atoms with Crippen LogP contribution < -0.4 is 5.32 Å². The Bertz CT molecular complexity index is 921. The molecule has 0 atom stereocenters. The van der Waals surface area contributed by atoms with Gasteiger partial charge in [-0.1, -0.05) is 48.5 Å². The van der Waals surface area contributed by atoms with Crippen molar-refractivity contribution in [1.82, 2.24) is 10.3 Å². The van der Waals surface area contributed by atoms with Crippen LogP contribution in [0.1, 0.15) is 11.3 Å². The van der Waals surface area contributed by atoms with E-state index < -0.39 is 0 Å². The topological polar surface area (TPSA) is 41.0 Å². The second-order valence-electron chi connectivity index (χ2n) is 5.92. The third kappa shape index (κ3) is 3.12. The summed E-state index contributed by atoms with van der Waals surface area (Å²) < 4.78 is 5.91. The summed E-state index contributed by atoms with van der Waals surface area (Å²) >= 11 is 0. The van der Waals surface area contributed by atoms with E-state index in [1.807, 2.05) is 30.3 Å². The molecular formula is C21H20N2O. The summed E-state index contributed by atoms with van der Waals surface area (Å²) in [6, 6.07) is 22.7. The molecule has 0 aliphatic rings. The van der Waals surface area contributed by atoms with Crippen molar-refractivity contribution in [2.75, 3.05) is 6.54 Å². The summed E-state index contributed by atoms with van der Waals surface area (Å²) in [7, 11) is 0. The fraction of sp³-hybridized carbons (Fsp3) is 0.143. The maximum Gasteiger partial charge on any atom is 0.134 e. The van der Waals surface area contributed by atoms with Crippen molar-refractivity contribution in [3.8, 4) is 11.3 Å². The van der Waals surface area contributed by atoms with Crippen molar-refractivity contribution in [1.29, 1.82) is 0 Å². The summed E-state index contributed by atoms with van der Waals surface area (Å²) in [5.74, 6) is 1.89. The molecule has 2 aromatic heterocycles. The van der Waals surface area contributed by atoms with Crippen LogP contribution in [-0.2, 0) is 13.0 Å². The molecule has 0 spiro atoms. The highest BCUT2D eigenvalue weighted by Crippen LogP contribution is 2.21. The molecule has 0 saturated heterocycles. The Labute approximate surface area is 141 Å². The first-order chi connectivity index (χ1) is 11.9. The maximum absolute atomic E-state index is 5.91. The van der Waals surface area contributed by atoms with E-state index in [0.717, 1.165) is 36.6 Å². The number of benzene rings is 2. The lowest BCUT2D eigenvalue weighted by atomic mass is 10.1. The summed E-state index contributed by atoms with van der Waals surface area (Å²) in [5, 5.41) is 4.77. The van der Waals surface area contributed by atoms with Crippen LogP contribution >= 0.6 is 0 Å². The van der Waals surface area contributed by atoms with Gasteiger partial charge < -0.3 is 14.7 Å². The Morgan fingerprint density at radius 3 is 2.62 bits per heavy atom. The molecule has 0 aliphatic heterocycles. The third-order valence-electron chi connectivity index (χ3n) is 4.27. The molecule has 0 aliphatic carbocycles. The van der Waals surface area contributed by atoms with Crippen LogP contribution in [0.2, 0.25) is 0 Å². The fourth-order valence-electron chi connectivity index (χ4n) is 3.00. The molecule has 3 heteroatoms. The van der Waals surface area contributed by atoms with Gasteiger partial charge in [-0.2, -0.15) is 0 Å². The predicted octanol–water partition coefficient (Wildman–Crippen LogP) is 4.76. The number of furan rings is 1. The second-order valence-corrected chi connectivity index (χ2v) is 5.92. The summed E-state index contributed by atoms with van der Waals surface area (Å²) in [4.78, 5) is 3.32. The number of fused-ring (bicyclic) bond motifs is 1. The Kier molecular flexibility index (Phi) is 4.17. The first-order valence-corrected chi connectivity index (χ1v) is 8.30. The van der Waals surface area contributed by atoms with Gasteiger partial charge in [-0.15, -0.1) is 0 Å². The maximum atomic E-state index is 5.91. The summed E-state index contributed by atoms with van der Waals surface area (Å²) in [5.41, 5.74) is 3.66. The number of rotatable bonds is 6. The van der Waals surface area contributed by atoms with Crippen LogP contribution in [-0.4, -0.2) is 11.5 Å². The van der Waals surface area contributed by atoms with E-state index in [1.165, 1.54) is 16.5 Å². The summed E-state index contributed by atoms with van der Waals surface area (Å²) in [6.07, 6.45) is 3.10. The van der Waals surface area contributed by atoms with Gasteiger partial charge in [-0.3, -0.25) is 0 Å². The lowest BCUT2D eigenvalue weighted by Crippen LogP contribution is -2.16. The van der Waals surface area contributed by atoms with Gasteiger partial charge in [0, 0.05) is 22.7 Å². The number of aromatic nitrogens is 1.